The molecule has 5 heteroatoms. The van der Waals surface area contributed by atoms with Crippen LogP contribution in [0.5, 0.6) is 0 Å². The summed E-state index contributed by atoms with van der Waals surface area (Å²) in [5.41, 5.74) is 1.29. The smallest absolute Gasteiger partial charge is 0.186 e. The Balaban J connectivity index is 1.59. The Bertz CT molecular complexity index is 585. The Morgan fingerprint density at radius 2 is 2.18 bits per heavy atom. The molecule has 1 aromatic heterocycles. The quantitative estimate of drug-likeness (QED) is 0.814. The van der Waals surface area contributed by atoms with E-state index < -0.39 is 5.79 Å². The van der Waals surface area contributed by atoms with Gasteiger partial charge in [-0.3, -0.25) is 0 Å². The van der Waals surface area contributed by atoms with Gasteiger partial charge in [0, 0.05) is 23.8 Å². The Morgan fingerprint density at radius 1 is 1.36 bits per heavy atom. The zero-order valence-electron chi connectivity index (χ0n) is 12.7. The van der Waals surface area contributed by atoms with E-state index in [1.807, 2.05) is 22.9 Å². The van der Waals surface area contributed by atoms with E-state index in [1.165, 1.54) is 5.56 Å². The lowest BCUT2D eigenvalue weighted by Gasteiger charge is -2.28. The van der Waals surface area contributed by atoms with Crippen molar-refractivity contribution < 1.29 is 9.47 Å². The van der Waals surface area contributed by atoms with Gasteiger partial charge in [0.2, 0.25) is 0 Å². The molecule has 0 saturated carbocycles. The third-order valence-corrected chi connectivity index (χ3v) is 4.17. The summed E-state index contributed by atoms with van der Waals surface area (Å²) < 4.78 is 14.1. The molecule has 0 N–H and O–H groups in total. The summed E-state index contributed by atoms with van der Waals surface area (Å²) in [6.45, 7) is 3.38. The van der Waals surface area contributed by atoms with Gasteiger partial charge in [0.15, 0.2) is 5.79 Å². The highest BCUT2D eigenvalue weighted by atomic mass is 35.5. The predicted molar refractivity (Wildman–Crippen MR) is 85.8 cm³/mol. The van der Waals surface area contributed by atoms with Crippen molar-refractivity contribution in [2.24, 2.45) is 0 Å². The van der Waals surface area contributed by atoms with Crippen LogP contribution in [0.3, 0.4) is 0 Å². The number of benzene rings is 1. The molecule has 0 bridgehead atoms. The third kappa shape index (κ3) is 3.88. The monoisotopic (exact) mass is 320 g/mol. The number of halogens is 1. The van der Waals surface area contributed by atoms with E-state index in [-0.39, 0.29) is 6.10 Å². The van der Waals surface area contributed by atoms with E-state index in [2.05, 4.69) is 24.0 Å². The van der Waals surface area contributed by atoms with Crippen LogP contribution in [0, 0.1) is 0 Å². The Kier molecular flexibility index (Phi) is 4.81. The molecule has 1 aliphatic heterocycles. The summed E-state index contributed by atoms with van der Waals surface area (Å²) >= 11 is 5.92. The molecule has 0 aliphatic carbocycles. The van der Waals surface area contributed by atoms with Crippen LogP contribution in [0.15, 0.2) is 43.0 Å². The third-order valence-electron chi connectivity index (χ3n) is 3.92. The highest BCUT2D eigenvalue weighted by molar-refractivity contribution is 6.30. The molecular weight excluding hydrogens is 300 g/mol. The lowest BCUT2D eigenvalue weighted by molar-refractivity contribution is -0.181. The van der Waals surface area contributed by atoms with Crippen molar-refractivity contribution in [2.75, 3.05) is 6.61 Å². The number of aryl methyl sites for hydroxylation is 1. The van der Waals surface area contributed by atoms with Crippen molar-refractivity contribution in [2.45, 2.75) is 44.6 Å². The van der Waals surface area contributed by atoms with Crippen molar-refractivity contribution in [1.82, 2.24) is 9.55 Å². The summed E-state index contributed by atoms with van der Waals surface area (Å²) in [6, 6.07) is 8.01. The zero-order chi connectivity index (χ0) is 15.4. The van der Waals surface area contributed by atoms with Gasteiger partial charge in [-0.1, -0.05) is 23.7 Å². The summed E-state index contributed by atoms with van der Waals surface area (Å²) in [5.74, 6) is -0.535. The van der Waals surface area contributed by atoms with Gasteiger partial charge in [-0.15, -0.1) is 0 Å². The molecule has 1 saturated heterocycles. The van der Waals surface area contributed by atoms with Crippen molar-refractivity contribution in [3.63, 3.8) is 0 Å². The first-order chi connectivity index (χ1) is 10.7. The molecule has 2 atom stereocenters. The number of rotatable bonds is 6. The van der Waals surface area contributed by atoms with E-state index in [9.17, 15) is 0 Å². The van der Waals surface area contributed by atoms with Crippen molar-refractivity contribution in [1.29, 1.82) is 0 Å². The second kappa shape index (κ2) is 6.82. The minimum atomic E-state index is -0.535. The first-order valence-electron chi connectivity index (χ1n) is 7.67. The molecule has 0 amide bonds. The number of hydrogen-bond acceptors (Lipinski definition) is 3. The van der Waals surface area contributed by atoms with Gasteiger partial charge in [-0.2, -0.15) is 0 Å². The maximum Gasteiger partial charge on any atom is 0.186 e. The number of aromatic nitrogens is 2. The standard InChI is InChI=1S/C17H21ClN2O2/c1-14-11-21-17(22-14,12-20-10-9-19-13-20)8-2-3-15-4-6-16(18)7-5-15/h4-7,9-10,13-14H,2-3,8,11-12H2,1H3. The van der Waals surface area contributed by atoms with Crippen LogP contribution in [0.4, 0.5) is 0 Å². The van der Waals surface area contributed by atoms with E-state index in [1.54, 1.807) is 12.5 Å². The number of ether oxygens (including phenoxy) is 2. The lowest BCUT2D eigenvalue weighted by atomic mass is 10.0. The maximum atomic E-state index is 6.09. The van der Waals surface area contributed by atoms with Gasteiger partial charge >= 0.3 is 0 Å². The second-order valence-corrected chi connectivity index (χ2v) is 6.30. The average molecular weight is 321 g/mol. The van der Waals surface area contributed by atoms with Crippen LogP contribution >= 0.6 is 11.6 Å². The minimum Gasteiger partial charge on any atom is -0.345 e. The minimum absolute atomic E-state index is 0.138. The molecule has 2 aromatic rings. The van der Waals surface area contributed by atoms with E-state index in [0.29, 0.717) is 13.2 Å². The zero-order valence-corrected chi connectivity index (χ0v) is 13.5. The maximum absolute atomic E-state index is 6.09. The van der Waals surface area contributed by atoms with E-state index in [0.717, 1.165) is 24.3 Å². The lowest BCUT2D eigenvalue weighted by Crippen LogP contribution is -2.36. The van der Waals surface area contributed by atoms with Crippen LogP contribution in [0.2, 0.25) is 5.02 Å². The summed E-state index contributed by atoms with van der Waals surface area (Å²) in [4.78, 5) is 4.09. The highest BCUT2D eigenvalue weighted by Crippen LogP contribution is 2.31. The molecule has 4 nitrogen and oxygen atoms in total. The fourth-order valence-electron chi connectivity index (χ4n) is 2.87. The van der Waals surface area contributed by atoms with E-state index in [4.69, 9.17) is 21.1 Å². The largest absolute Gasteiger partial charge is 0.345 e. The second-order valence-electron chi connectivity index (χ2n) is 5.87. The first-order valence-corrected chi connectivity index (χ1v) is 8.05. The number of nitrogens with zero attached hydrogens (tertiary/aromatic N) is 2. The molecular formula is C17H21ClN2O2. The highest BCUT2D eigenvalue weighted by Gasteiger charge is 2.39. The summed E-state index contributed by atoms with van der Waals surface area (Å²) in [7, 11) is 0. The van der Waals surface area contributed by atoms with Gasteiger partial charge in [0.1, 0.15) is 0 Å². The normalized spacial score (nSPS) is 24.7. The molecule has 1 aromatic carbocycles. The molecule has 118 valence electrons. The van der Waals surface area contributed by atoms with Crippen LogP contribution in [-0.2, 0) is 22.4 Å². The molecule has 0 spiro atoms. The molecule has 1 aliphatic rings. The Morgan fingerprint density at radius 3 is 2.82 bits per heavy atom. The summed E-state index contributed by atoms with van der Waals surface area (Å²) in [5, 5.41) is 0.775. The number of hydrogen-bond donors (Lipinski definition) is 0. The van der Waals surface area contributed by atoms with Gasteiger partial charge in [0.05, 0.1) is 25.6 Å². The number of imidazole rings is 1. The Hall–Kier alpha value is -1.36. The average Bonchev–Trinajstić information content (AvgIpc) is 3.12. The molecule has 3 rings (SSSR count). The molecule has 1 fully saturated rings. The van der Waals surface area contributed by atoms with Crippen molar-refractivity contribution in [3.05, 3.63) is 53.6 Å². The van der Waals surface area contributed by atoms with Gasteiger partial charge in [-0.05, 0) is 37.5 Å². The topological polar surface area (TPSA) is 36.3 Å². The van der Waals surface area contributed by atoms with Crippen LogP contribution < -0.4 is 0 Å². The van der Waals surface area contributed by atoms with Gasteiger partial charge < -0.3 is 14.0 Å². The van der Waals surface area contributed by atoms with Crippen molar-refractivity contribution in [3.8, 4) is 0 Å². The fraction of sp³-hybridized carbons (Fsp3) is 0.471. The van der Waals surface area contributed by atoms with Crippen LogP contribution in [0.25, 0.3) is 0 Å². The molecule has 22 heavy (non-hydrogen) atoms. The summed E-state index contributed by atoms with van der Waals surface area (Å²) in [6.07, 6.45) is 8.51. The predicted octanol–water partition coefficient (Wildman–Crippen LogP) is 3.69. The van der Waals surface area contributed by atoms with E-state index >= 15 is 0 Å². The Labute approximate surface area is 136 Å². The van der Waals surface area contributed by atoms with Gasteiger partial charge in [-0.25, -0.2) is 4.98 Å². The van der Waals surface area contributed by atoms with Crippen LogP contribution in [-0.4, -0.2) is 28.0 Å². The molecule has 2 unspecified atom stereocenters. The first kappa shape index (κ1) is 15.5. The van der Waals surface area contributed by atoms with Gasteiger partial charge in [0.25, 0.3) is 0 Å². The molecule has 0 radical (unpaired) electrons. The van der Waals surface area contributed by atoms with Crippen molar-refractivity contribution >= 4 is 11.6 Å². The van der Waals surface area contributed by atoms with Crippen LogP contribution in [0.1, 0.15) is 25.3 Å². The molecule has 2 heterocycles. The SMILES string of the molecule is CC1COC(CCCc2ccc(Cl)cc2)(Cn2ccnc2)O1. The fourth-order valence-corrected chi connectivity index (χ4v) is 2.99.